The molecule has 5 nitrogen and oxygen atoms in total. The first-order chi connectivity index (χ1) is 11.9. The van der Waals surface area contributed by atoms with Gasteiger partial charge in [0.2, 0.25) is 0 Å². The number of ketones is 1. The number of Topliss-reactive ketones (excluding diaryl/α,β-unsaturated/α-hetero) is 1. The van der Waals surface area contributed by atoms with Crippen LogP contribution in [-0.2, 0) is 10.0 Å². The van der Waals surface area contributed by atoms with Crippen molar-refractivity contribution in [2.75, 3.05) is 20.2 Å². The maximum absolute atomic E-state index is 12.7. The first-order valence-corrected chi connectivity index (χ1v) is 10.5. The van der Waals surface area contributed by atoms with E-state index in [0.717, 1.165) is 11.3 Å². The van der Waals surface area contributed by atoms with E-state index in [1.54, 1.807) is 37.4 Å². The molecule has 1 saturated heterocycles. The molecular weight excluding hydrogens is 382 g/mol. The molecule has 1 unspecified atom stereocenters. The SMILES string of the molecule is COc1ccc(C(=O)C2CCCN(S(=O)(=O)c3ccc(Cl)s3)C2)cc1. The van der Waals surface area contributed by atoms with Crippen LogP contribution in [0.5, 0.6) is 5.75 Å². The standard InChI is InChI=1S/C17H18ClNO4S2/c1-23-14-6-4-12(5-7-14)17(20)13-3-2-10-19(11-13)25(21,22)16-9-8-15(18)24-16/h4-9,13H,2-3,10-11H2,1H3. The molecule has 8 heteroatoms. The number of benzene rings is 1. The van der Waals surface area contributed by atoms with Crippen molar-refractivity contribution >= 4 is 38.7 Å². The second kappa shape index (κ2) is 7.45. The number of sulfonamides is 1. The summed E-state index contributed by atoms with van der Waals surface area (Å²) in [6.45, 7) is 0.618. The number of carbonyl (C=O) groups is 1. The highest BCUT2D eigenvalue weighted by Gasteiger charge is 2.34. The van der Waals surface area contributed by atoms with Crippen molar-refractivity contribution in [2.24, 2.45) is 5.92 Å². The number of nitrogens with zero attached hydrogens (tertiary/aromatic N) is 1. The van der Waals surface area contributed by atoms with Gasteiger partial charge in [0.15, 0.2) is 5.78 Å². The number of halogens is 1. The zero-order valence-corrected chi connectivity index (χ0v) is 16.0. The van der Waals surface area contributed by atoms with E-state index in [4.69, 9.17) is 16.3 Å². The molecule has 134 valence electrons. The van der Waals surface area contributed by atoms with Gasteiger partial charge in [-0.1, -0.05) is 11.6 Å². The van der Waals surface area contributed by atoms with Crippen LogP contribution in [0.1, 0.15) is 23.2 Å². The van der Waals surface area contributed by atoms with Gasteiger partial charge in [-0.3, -0.25) is 4.79 Å². The van der Waals surface area contributed by atoms with Crippen LogP contribution in [0, 0.1) is 5.92 Å². The third kappa shape index (κ3) is 3.89. The smallest absolute Gasteiger partial charge is 0.252 e. The minimum absolute atomic E-state index is 0.0354. The molecule has 25 heavy (non-hydrogen) atoms. The van der Waals surface area contributed by atoms with Gasteiger partial charge >= 0.3 is 0 Å². The Labute approximate surface area is 156 Å². The number of hydrogen-bond donors (Lipinski definition) is 0. The molecule has 1 aliphatic heterocycles. The van der Waals surface area contributed by atoms with Crippen LogP contribution in [0.25, 0.3) is 0 Å². The number of piperidine rings is 1. The lowest BCUT2D eigenvalue weighted by molar-refractivity contribution is 0.0872. The van der Waals surface area contributed by atoms with Crippen molar-refractivity contribution in [1.82, 2.24) is 4.31 Å². The maximum Gasteiger partial charge on any atom is 0.252 e. The monoisotopic (exact) mass is 399 g/mol. The van der Waals surface area contributed by atoms with Crippen molar-refractivity contribution in [3.63, 3.8) is 0 Å². The normalized spacial score (nSPS) is 18.9. The minimum Gasteiger partial charge on any atom is -0.497 e. The van der Waals surface area contributed by atoms with Gasteiger partial charge in [-0.25, -0.2) is 8.42 Å². The molecule has 1 fully saturated rings. The van der Waals surface area contributed by atoms with E-state index in [9.17, 15) is 13.2 Å². The van der Waals surface area contributed by atoms with E-state index in [-0.39, 0.29) is 22.5 Å². The second-order valence-electron chi connectivity index (χ2n) is 5.85. The summed E-state index contributed by atoms with van der Waals surface area (Å²) in [4.78, 5) is 12.7. The van der Waals surface area contributed by atoms with Crippen LogP contribution < -0.4 is 4.74 Å². The molecule has 1 aromatic heterocycles. The molecular formula is C17H18ClNO4S2. The van der Waals surface area contributed by atoms with Crippen LogP contribution in [0.2, 0.25) is 4.34 Å². The molecule has 0 amide bonds. The lowest BCUT2D eigenvalue weighted by Gasteiger charge is -2.30. The quantitative estimate of drug-likeness (QED) is 0.719. The van der Waals surface area contributed by atoms with Gasteiger partial charge in [-0.2, -0.15) is 4.31 Å². The Morgan fingerprint density at radius 3 is 2.56 bits per heavy atom. The molecule has 0 radical (unpaired) electrons. The Balaban J connectivity index is 1.77. The van der Waals surface area contributed by atoms with Gasteiger partial charge in [-0.15, -0.1) is 11.3 Å². The molecule has 1 aromatic carbocycles. The van der Waals surface area contributed by atoms with Crippen LogP contribution in [0.15, 0.2) is 40.6 Å². The summed E-state index contributed by atoms with van der Waals surface area (Å²) in [5.74, 6) is 0.304. The van der Waals surface area contributed by atoms with Crippen molar-refractivity contribution in [2.45, 2.75) is 17.1 Å². The Kier molecular flexibility index (Phi) is 5.48. The van der Waals surface area contributed by atoms with Crippen LogP contribution in [0.4, 0.5) is 0 Å². The van der Waals surface area contributed by atoms with Gasteiger partial charge in [0, 0.05) is 24.6 Å². The van der Waals surface area contributed by atoms with Crippen molar-refractivity contribution in [3.05, 3.63) is 46.3 Å². The molecule has 0 saturated carbocycles. The van der Waals surface area contributed by atoms with Gasteiger partial charge in [-0.05, 0) is 49.2 Å². The topological polar surface area (TPSA) is 63.7 Å². The zero-order valence-electron chi connectivity index (χ0n) is 13.6. The molecule has 0 spiro atoms. The first kappa shape index (κ1) is 18.4. The molecule has 0 bridgehead atoms. The highest BCUT2D eigenvalue weighted by atomic mass is 35.5. The van der Waals surface area contributed by atoms with E-state index in [1.807, 2.05) is 0 Å². The molecule has 2 heterocycles. The van der Waals surface area contributed by atoms with Gasteiger partial charge < -0.3 is 4.74 Å². The third-order valence-corrected chi connectivity index (χ3v) is 7.84. The number of carbonyl (C=O) groups excluding carboxylic acids is 1. The predicted octanol–water partition coefficient (Wildman–Crippen LogP) is 3.69. The van der Waals surface area contributed by atoms with E-state index in [1.165, 1.54) is 10.4 Å². The molecule has 3 rings (SSSR count). The summed E-state index contributed by atoms with van der Waals surface area (Å²) in [5.41, 5.74) is 0.573. The van der Waals surface area contributed by atoms with Crippen LogP contribution >= 0.6 is 22.9 Å². The Morgan fingerprint density at radius 1 is 1.24 bits per heavy atom. The largest absolute Gasteiger partial charge is 0.497 e. The first-order valence-electron chi connectivity index (χ1n) is 7.85. The molecule has 1 atom stereocenters. The van der Waals surface area contributed by atoms with E-state index in [2.05, 4.69) is 0 Å². The summed E-state index contributed by atoms with van der Waals surface area (Å²) in [6, 6.07) is 9.98. The fourth-order valence-electron chi connectivity index (χ4n) is 2.93. The Hall–Kier alpha value is -1.41. The fourth-order valence-corrected chi connectivity index (χ4v) is 6.09. The average Bonchev–Trinajstić information content (AvgIpc) is 3.08. The van der Waals surface area contributed by atoms with Crippen LogP contribution in [-0.4, -0.2) is 38.7 Å². The van der Waals surface area contributed by atoms with Gasteiger partial charge in [0.05, 0.1) is 11.4 Å². The van der Waals surface area contributed by atoms with E-state index in [0.29, 0.717) is 35.0 Å². The van der Waals surface area contributed by atoms with E-state index >= 15 is 0 Å². The summed E-state index contributed by atoms with van der Waals surface area (Å²) >= 11 is 6.90. The molecule has 0 aliphatic carbocycles. The number of thiophene rings is 1. The predicted molar refractivity (Wildman–Crippen MR) is 98.1 cm³/mol. The summed E-state index contributed by atoms with van der Waals surface area (Å²) < 4.78 is 32.6. The number of ether oxygens (including phenoxy) is 1. The Morgan fingerprint density at radius 2 is 1.96 bits per heavy atom. The minimum atomic E-state index is -3.61. The van der Waals surface area contributed by atoms with Crippen molar-refractivity contribution in [1.29, 1.82) is 0 Å². The third-order valence-electron chi connectivity index (χ3n) is 4.27. The fraction of sp³-hybridized carbons (Fsp3) is 0.353. The summed E-state index contributed by atoms with van der Waals surface area (Å²) in [7, 11) is -2.04. The molecule has 2 aromatic rings. The average molecular weight is 400 g/mol. The van der Waals surface area contributed by atoms with E-state index < -0.39 is 10.0 Å². The number of methoxy groups -OCH3 is 1. The Bertz CT molecular complexity index is 861. The zero-order chi connectivity index (χ0) is 18.0. The highest BCUT2D eigenvalue weighted by molar-refractivity contribution is 7.91. The molecule has 1 aliphatic rings. The van der Waals surface area contributed by atoms with Crippen molar-refractivity contribution < 1.29 is 17.9 Å². The number of rotatable bonds is 5. The summed E-state index contributed by atoms with van der Waals surface area (Å²) in [5, 5.41) is 0. The van der Waals surface area contributed by atoms with Gasteiger partial charge in [0.25, 0.3) is 10.0 Å². The lowest BCUT2D eigenvalue weighted by atomic mass is 9.91. The number of hydrogen-bond acceptors (Lipinski definition) is 5. The van der Waals surface area contributed by atoms with Crippen molar-refractivity contribution in [3.8, 4) is 5.75 Å². The summed E-state index contributed by atoms with van der Waals surface area (Å²) in [6.07, 6.45) is 1.34. The lowest BCUT2D eigenvalue weighted by Crippen LogP contribution is -2.42. The van der Waals surface area contributed by atoms with Crippen LogP contribution in [0.3, 0.4) is 0 Å². The van der Waals surface area contributed by atoms with Gasteiger partial charge in [0.1, 0.15) is 9.96 Å². The second-order valence-corrected chi connectivity index (χ2v) is 9.73. The molecule has 0 N–H and O–H groups in total. The highest BCUT2D eigenvalue weighted by Crippen LogP contribution is 2.31. The maximum atomic E-state index is 12.7.